The molecule has 0 saturated heterocycles. The van der Waals surface area contributed by atoms with E-state index < -0.39 is 5.41 Å². The molecule has 128 valence electrons. The minimum atomic E-state index is -0.576. The van der Waals surface area contributed by atoms with Crippen LogP contribution in [0.5, 0.6) is 11.5 Å². The van der Waals surface area contributed by atoms with Crippen LogP contribution in [-0.2, 0) is 10.2 Å². The van der Waals surface area contributed by atoms with Gasteiger partial charge >= 0.3 is 0 Å². The first-order chi connectivity index (χ1) is 11.4. The van der Waals surface area contributed by atoms with Crippen molar-refractivity contribution in [3.05, 3.63) is 59.7 Å². The van der Waals surface area contributed by atoms with Crippen molar-refractivity contribution in [3.63, 3.8) is 0 Å². The molecule has 1 N–H and O–H groups in total. The third-order valence-corrected chi connectivity index (χ3v) is 4.06. The van der Waals surface area contributed by atoms with Crippen molar-refractivity contribution in [2.45, 2.75) is 26.2 Å². The van der Waals surface area contributed by atoms with Crippen molar-refractivity contribution in [1.82, 2.24) is 5.32 Å². The van der Waals surface area contributed by atoms with E-state index in [1.807, 2.05) is 69.3 Å². The van der Waals surface area contributed by atoms with E-state index >= 15 is 0 Å². The number of hydrogen-bond acceptors (Lipinski definition) is 3. The Morgan fingerprint density at radius 2 is 1.58 bits per heavy atom. The lowest BCUT2D eigenvalue weighted by atomic mass is 9.83. The highest BCUT2D eigenvalue weighted by Gasteiger charge is 2.29. The molecule has 0 aliphatic heterocycles. The molecule has 0 radical (unpaired) electrons. The van der Waals surface area contributed by atoms with E-state index in [4.69, 9.17) is 9.47 Å². The van der Waals surface area contributed by atoms with Crippen LogP contribution in [0.25, 0.3) is 0 Å². The Morgan fingerprint density at radius 3 is 2.17 bits per heavy atom. The summed E-state index contributed by atoms with van der Waals surface area (Å²) in [5.74, 6) is 1.53. The third-order valence-electron chi connectivity index (χ3n) is 4.06. The van der Waals surface area contributed by atoms with Crippen molar-refractivity contribution < 1.29 is 14.3 Å². The second kappa shape index (κ2) is 7.86. The van der Waals surface area contributed by atoms with Gasteiger partial charge in [-0.1, -0.05) is 29.8 Å². The maximum Gasteiger partial charge on any atom is 0.230 e. The van der Waals surface area contributed by atoms with E-state index in [1.165, 1.54) is 5.56 Å². The fourth-order valence-corrected chi connectivity index (χ4v) is 2.33. The lowest BCUT2D eigenvalue weighted by molar-refractivity contribution is -0.125. The summed E-state index contributed by atoms with van der Waals surface area (Å²) in [6.45, 7) is 6.77. The normalized spacial score (nSPS) is 11.0. The van der Waals surface area contributed by atoms with Gasteiger partial charge < -0.3 is 14.8 Å². The van der Waals surface area contributed by atoms with Crippen molar-refractivity contribution in [3.8, 4) is 11.5 Å². The molecule has 24 heavy (non-hydrogen) atoms. The average molecular weight is 327 g/mol. The molecule has 0 aliphatic rings. The van der Waals surface area contributed by atoms with E-state index in [9.17, 15) is 4.79 Å². The molecule has 0 fully saturated rings. The monoisotopic (exact) mass is 327 g/mol. The number of benzene rings is 2. The smallest absolute Gasteiger partial charge is 0.230 e. The SMILES string of the molecule is COc1ccc(OCCNC(=O)C(C)(C)c2ccc(C)cc2)cc1. The molecular formula is C20H25NO3. The summed E-state index contributed by atoms with van der Waals surface area (Å²) in [7, 11) is 1.63. The predicted octanol–water partition coefficient (Wildman–Crippen LogP) is 3.48. The third kappa shape index (κ3) is 4.51. The Hall–Kier alpha value is -2.49. The zero-order valence-corrected chi connectivity index (χ0v) is 14.8. The summed E-state index contributed by atoms with van der Waals surface area (Å²) in [4.78, 5) is 12.5. The molecule has 4 heteroatoms. The zero-order valence-electron chi connectivity index (χ0n) is 14.8. The van der Waals surface area contributed by atoms with Gasteiger partial charge in [-0.05, 0) is 50.6 Å². The van der Waals surface area contributed by atoms with Crippen LogP contribution in [-0.4, -0.2) is 26.2 Å². The van der Waals surface area contributed by atoms with E-state index in [0.29, 0.717) is 13.2 Å². The number of carbonyl (C=O) groups excluding carboxylic acids is 1. The highest BCUT2D eigenvalue weighted by atomic mass is 16.5. The summed E-state index contributed by atoms with van der Waals surface area (Å²) in [5, 5.41) is 2.94. The number of rotatable bonds is 7. The van der Waals surface area contributed by atoms with Gasteiger partial charge in [0.25, 0.3) is 0 Å². The topological polar surface area (TPSA) is 47.6 Å². The number of aryl methyl sites for hydroxylation is 1. The molecule has 2 rings (SSSR count). The summed E-state index contributed by atoms with van der Waals surface area (Å²) in [6, 6.07) is 15.4. The maximum absolute atomic E-state index is 12.5. The van der Waals surface area contributed by atoms with Gasteiger partial charge in [-0.3, -0.25) is 4.79 Å². The zero-order chi connectivity index (χ0) is 17.6. The van der Waals surface area contributed by atoms with Crippen LogP contribution >= 0.6 is 0 Å². The summed E-state index contributed by atoms with van der Waals surface area (Å²) >= 11 is 0. The fourth-order valence-electron chi connectivity index (χ4n) is 2.33. The lowest BCUT2D eigenvalue weighted by Crippen LogP contribution is -2.41. The van der Waals surface area contributed by atoms with E-state index in [2.05, 4.69) is 5.32 Å². The van der Waals surface area contributed by atoms with Crippen molar-refractivity contribution in [2.75, 3.05) is 20.3 Å². The fraction of sp³-hybridized carbons (Fsp3) is 0.350. The van der Waals surface area contributed by atoms with E-state index in [1.54, 1.807) is 7.11 Å². The molecule has 2 aromatic carbocycles. The average Bonchev–Trinajstić information content (AvgIpc) is 2.59. The van der Waals surface area contributed by atoms with Gasteiger partial charge in [0, 0.05) is 0 Å². The molecule has 0 spiro atoms. The minimum Gasteiger partial charge on any atom is -0.497 e. The molecule has 0 atom stereocenters. The number of hydrogen-bond donors (Lipinski definition) is 1. The molecule has 1 amide bonds. The van der Waals surface area contributed by atoms with Gasteiger partial charge in [-0.25, -0.2) is 0 Å². The molecule has 0 saturated carbocycles. The van der Waals surface area contributed by atoms with Crippen LogP contribution in [0.3, 0.4) is 0 Å². The molecule has 0 unspecified atom stereocenters. The van der Waals surface area contributed by atoms with Gasteiger partial charge in [0.15, 0.2) is 0 Å². The van der Waals surface area contributed by atoms with Gasteiger partial charge in [0.05, 0.1) is 19.1 Å². The van der Waals surface area contributed by atoms with Crippen LogP contribution in [0.2, 0.25) is 0 Å². The number of methoxy groups -OCH3 is 1. The van der Waals surface area contributed by atoms with Crippen molar-refractivity contribution in [2.24, 2.45) is 0 Å². The minimum absolute atomic E-state index is 0.00955. The first-order valence-corrected chi connectivity index (χ1v) is 8.06. The van der Waals surface area contributed by atoms with Crippen LogP contribution in [0.1, 0.15) is 25.0 Å². The van der Waals surface area contributed by atoms with Gasteiger partial charge in [0.2, 0.25) is 5.91 Å². The highest BCUT2D eigenvalue weighted by molar-refractivity contribution is 5.87. The second-order valence-electron chi connectivity index (χ2n) is 6.27. The van der Waals surface area contributed by atoms with Crippen LogP contribution in [0, 0.1) is 6.92 Å². The number of carbonyl (C=O) groups is 1. The lowest BCUT2D eigenvalue weighted by Gasteiger charge is -2.24. The van der Waals surface area contributed by atoms with Gasteiger partial charge in [-0.2, -0.15) is 0 Å². The van der Waals surface area contributed by atoms with Crippen LogP contribution < -0.4 is 14.8 Å². The molecule has 4 nitrogen and oxygen atoms in total. The van der Waals surface area contributed by atoms with E-state index in [0.717, 1.165) is 17.1 Å². The number of amides is 1. The summed E-state index contributed by atoms with van der Waals surface area (Å²) in [5.41, 5.74) is 1.61. The Kier molecular flexibility index (Phi) is 5.85. The Bertz CT molecular complexity index is 660. The number of nitrogens with one attached hydrogen (secondary N) is 1. The maximum atomic E-state index is 12.5. The Morgan fingerprint density at radius 1 is 1.00 bits per heavy atom. The first kappa shape index (κ1) is 17.9. The molecule has 0 bridgehead atoms. The standard InChI is InChI=1S/C20H25NO3/c1-15-5-7-16(8-6-15)20(2,3)19(22)21-13-14-24-18-11-9-17(23-4)10-12-18/h5-12H,13-14H2,1-4H3,(H,21,22). The van der Waals surface area contributed by atoms with Gasteiger partial charge in [-0.15, -0.1) is 0 Å². The highest BCUT2D eigenvalue weighted by Crippen LogP contribution is 2.23. The van der Waals surface area contributed by atoms with Crippen LogP contribution in [0.15, 0.2) is 48.5 Å². The molecule has 0 aromatic heterocycles. The summed E-state index contributed by atoms with van der Waals surface area (Å²) < 4.78 is 10.7. The number of ether oxygens (including phenoxy) is 2. The van der Waals surface area contributed by atoms with Gasteiger partial charge in [0.1, 0.15) is 18.1 Å². The Balaban J connectivity index is 1.82. The van der Waals surface area contributed by atoms with Crippen LogP contribution in [0.4, 0.5) is 0 Å². The molecule has 0 aliphatic carbocycles. The molecule has 0 heterocycles. The van der Waals surface area contributed by atoms with Crippen molar-refractivity contribution in [1.29, 1.82) is 0 Å². The summed E-state index contributed by atoms with van der Waals surface area (Å²) in [6.07, 6.45) is 0. The Labute approximate surface area is 143 Å². The van der Waals surface area contributed by atoms with E-state index in [-0.39, 0.29) is 5.91 Å². The molecular weight excluding hydrogens is 302 g/mol. The van der Waals surface area contributed by atoms with Crippen molar-refractivity contribution >= 4 is 5.91 Å². The largest absolute Gasteiger partial charge is 0.497 e. The predicted molar refractivity (Wildman–Crippen MR) is 95.7 cm³/mol. The quantitative estimate of drug-likeness (QED) is 0.792. The molecule has 2 aromatic rings. The second-order valence-corrected chi connectivity index (χ2v) is 6.27. The first-order valence-electron chi connectivity index (χ1n) is 8.06.